The molecule has 12 heteroatoms. The Morgan fingerprint density at radius 2 is 2.00 bits per heavy atom. The van der Waals surface area contributed by atoms with E-state index in [1.165, 1.54) is 0 Å². The number of halogens is 3. The van der Waals surface area contributed by atoms with Gasteiger partial charge in [-0.1, -0.05) is 0 Å². The van der Waals surface area contributed by atoms with Gasteiger partial charge in [0.15, 0.2) is 11.7 Å². The Hall–Kier alpha value is -1.40. The molecule has 0 bridgehead atoms. The number of aliphatic imine (C=N–C) groups is 1. The molecule has 3 N–H and O–H groups in total. The fraction of sp³-hybridized carbons (Fsp3) is 0.692. The summed E-state index contributed by atoms with van der Waals surface area (Å²) in [6, 6.07) is 0. The van der Waals surface area contributed by atoms with Crippen LogP contribution in [0.5, 0.6) is 0 Å². The van der Waals surface area contributed by atoms with E-state index in [-0.39, 0.29) is 17.3 Å². The molecule has 0 aliphatic rings. The lowest BCUT2D eigenvalue weighted by Crippen LogP contribution is -2.38. The monoisotopic (exact) mass is 401 g/mol. The first-order chi connectivity index (χ1) is 11.7. The molecule has 0 atom stereocenters. The van der Waals surface area contributed by atoms with Crippen molar-refractivity contribution in [3.63, 3.8) is 0 Å². The minimum Gasteiger partial charge on any atom is -0.357 e. The van der Waals surface area contributed by atoms with Crippen LogP contribution in [0.25, 0.3) is 0 Å². The summed E-state index contributed by atoms with van der Waals surface area (Å²) in [4.78, 5) is 7.69. The highest BCUT2D eigenvalue weighted by Gasteiger charge is 2.33. The number of nitrogens with zero attached hydrogens (tertiary/aromatic N) is 2. The molecule has 0 aliphatic heterocycles. The van der Waals surface area contributed by atoms with Crippen LogP contribution in [0, 0.1) is 0 Å². The van der Waals surface area contributed by atoms with Gasteiger partial charge in [0.25, 0.3) is 0 Å². The van der Waals surface area contributed by atoms with E-state index < -0.39 is 21.9 Å². The van der Waals surface area contributed by atoms with Gasteiger partial charge in [0, 0.05) is 25.0 Å². The van der Waals surface area contributed by atoms with Crippen LogP contribution >= 0.6 is 11.3 Å². The van der Waals surface area contributed by atoms with Crippen molar-refractivity contribution in [3.8, 4) is 0 Å². The molecule has 0 fully saturated rings. The SMILES string of the molecule is CCNC(=NCc1nc(C(F)(F)F)cs1)NCCCNS(=O)(=O)CC. The highest BCUT2D eigenvalue weighted by molar-refractivity contribution is 7.89. The van der Waals surface area contributed by atoms with Crippen LogP contribution in [0.4, 0.5) is 13.2 Å². The molecule has 0 saturated carbocycles. The van der Waals surface area contributed by atoms with E-state index in [1.54, 1.807) is 6.92 Å². The standard InChI is InChI=1S/C13H22F3N5O2S2/c1-3-17-12(18-6-5-7-20-25(22,23)4-2)19-8-11-21-10(9-24-11)13(14,15)16/h9,20H,3-8H2,1-2H3,(H2,17,18,19). The summed E-state index contributed by atoms with van der Waals surface area (Å²) in [6.45, 7) is 4.78. The number of thiazole rings is 1. The van der Waals surface area contributed by atoms with E-state index in [2.05, 4.69) is 25.3 Å². The number of alkyl halides is 3. The smallest absolute Gasteiger partial charge is 0.357 e. The third-order valence-corrected chi connectivity index (χ3v) is 5.14. The molecule has 1 aromatic heterocycles. The third kappa shape index (κ3) is 8.50. The number of sulfonamides is 1. The van der Waals surface area contributed by atoms with Gasteiger partial charge >= 0.3 is 6.18 Å². The van der Waals surface area contributed by atoms with E-state index in [9.17, 15) is 21.6 Å². The molecule has 1 aromatic rings. The molecule has 0 saturated heterocycles. The van der Waals surface area contributed by atoms with Crippen molar-refractivity contribution in [3.05, 3.63) is 16.1 Å². The van der Waals surface area contributed by atoms with Gasteiger partial charge in [-0.2, -0.15) is 13.2 Å². The Morgan fingerprint density at radius 1 is 1.28 bits per heavy atom. The Labute approximate surface area is 149 Å². The van der Waals surface area contributed by atoms with Crippen LogP contribution < -0.4 is 15.4 Å². The van der Waals surface area contributed by atoms with Gasteiger partial charge in [-0.05, 0) is 20.3 Å². The largest absolute Gasteiger partial charge is 0.434 e. The predicted octanol–water partition coefficient (Wildman–Crippen LogP) is 1.55. The summed E-state index contributed by atoms with van der Waals surface area (Å²) in [5.74, 6) is 0.461. The van der Waals surface area contributed by atoms with Crippen molar-refractivity contribution in [2.24, 2.45) is 4.99 Å². The number of aromatic nitrogens is 1. The van der Waals surface area contributed by atoms with Gasteiger partial charge < -0.3 is 10.6 Å². The van der Waals surface area contributed by atoms with Crippen LogP contribution in [0.3, 0.4) is 0 Å². The van der Waals surface area contributed by atoms with Crippen molar-refractivity contribution in [1.29, 1.82) is 0 Å². The van der Waals surface area contributed by atoms with Crippen molar-refractivity contribution in [2.75, 3.05) is 25.4 Å². The molecule has 144 valence electrons. The maximum absolute atomic E-state index is 12.5. The summed E-state index contributed by atoms with van der Waals surface area (Å²) in [5, 5.41) is 7.18. The quantitative estimate of drug-likeness (QED) is 0.332. The summed E-state index contributed by atoms with van der Waals surface area (Å²) >= 11 is 0.903. The molecule has 0 unspecified atom stereocenters. The fourth-order valence-electron chi connectivity index (χ4n) is 1.63. The Balaban J connectivity index is 2.47. The fourth-order valence-corrected chi connectivity index (χ4v) is 3.01. The number of guanidine groups is 1. The first-order valence-electron chi connectivity index (χ1n) is 7.69. The second-order valence-electron chi connectivity index (χ2n) is 4.90. The van der Waals surface area contributed by atoms with Crippen LogP contribution in [0.1, 0.15) is 31.0 Å². The first-order valence-corrected chi connectivity index (χ1v) is 10.2. The molecule has 0 aromatic carbocycles. The second kappa shape index (κ2) is 9.92. The lowest BCUT2D eigenvalue weighted by molar-refractivity contribution is -0.140. The van der Waals surface area contributed by atoms with Crippen molar-refractivity contribution >= 4 is 27.3 Å². The summed E-state index contributed by atoms with van der Waals surface area (Å²) in [5.41, 5.74) is -0.913. The highest BCUT2D eigenvalue weighted by atomic mass is 32.2. The zero-order chi connectivity index (χ0) is 18.9. The molecular formula is C13H22F3N5O2S2. The van der Waals surface area contributed by atoms with Gasteiger partial charge in [-0.15, -0.1) is 11.3 Å². The Bertz CT molecular complexity index is 659. The summed E-state index contributed by atoms with van der Waals surface area (Å²) in [6.07, 6.45) is -3.91. The number of hydrogen-bond acceptors (Lipinski definition) is 5. The van der Waals surface area contributed by atoms with Gasteiger partial charge in [0.1, 0.15) is 5.01 Å². The van der Waals surface area contributed by atoms with E-state index in [1.807, 2.05) is 6.92 Å². The second-order valence-corrected chi connectivity index (χ2v) is 7.94. The predicted molar refractivity (Wildman–Crippen MR) is 92.0 cm³/mol. The molecule has 0 aliphatic carbocycles. The summed E-state index contributed by atoms with van der Waals surface area (Å²) in [7, 11) is -3.21. The lowest BCUT2D eigenvalue weighted by Gasteiger charge is -2.11. The normalized spacial score (nSPS) is 13.1. The topological polar surface area (TPSA) is 95.5 Å². The molecule has 0 spiro atoms. The molecule has 25 heavy (non-hydrogen) atoms. The summed E-state index contributed by atoms with van der Waals surface area (Å²) < 4.78 is 62.5. The maximum Gasteiger partial charge on any atom is 0.434 e. The van der Waals surface area contributed by atoms with Crippen molar-refractivity contribution in [2.45, 2.75) is 33.0 Å². The van der Waals surface area contributed by atoms with Crippen LogP contribution in [0.2, 0.25) is 0 Å². The highest BCUT2D eigenvalue weighted by Crippen LogP contribution is 2.30. The minimum absolute atomic E-state index is 0.0260. The van der Waals surface area contributed by atoms with Gasteiger partial charge in [0.2, 0.25) is 10.0 Å². The number of hydrogen-bond donors (Lipinski definition) is 3. The molecule has 1 rings (SSSR count). The van der Waals surface area contributed by atoms with Crippen molar-refractivity contribution in [1.82, 2.24) is 20.3 Å². The van der Waals surface area contributed by atoms with Crippen LogP contribution in [-0.2, 0) is 22.7 Å². The Kier molecular flexibility index (Phi) is 8.59. The zero-order valence-corrected chi connectivity index (χ0v) is 15.6. The lowest BCUT2D eigenvalue weighted by atomic mass is 10.4. The average Bonchev–Trinajstić information content (AvgIpc) is 3.01. The average molecular weight is 401 g/mol. The minimum atomic E-state index is -4.45. The van der Waals surface area contributed by atoms with E-state index in [0.29, 0.717) is 32.0 Å². The molecular weight excluding hydrogens is 379 g/mol. The van der Waals surface area contributed by atoms with Crippen molar-refractivity contribution < 1.29 is 21.6 Å². The molecule has 7 nitrogen and oxygen atoms in total. The van der Waals surface area contributed by atoms with Gasteiger partial charge in [-0.3, -0.25) is 0 Å². The molecule has 0 amide bonds. The maximum atomic E-state index is 12.5. The molecule has 0 radical (unpaired) electrons. The number of rotatable bonds is 9. The zero-order valence-electron chi connectivity index (χ0n) is 14.0. The Morgan fingerprint density at radius 3 is 2.56 bits per heavy atom. The first kappa shape index (κ1) is 21.6. The third-order valence-electron chi connectivity index (χ3n) is 2.91. The van der Waals surface area contributed by atoms with Gasteiger partial charge in [0.05, 0.1) is 12.3 Å². The van der Waals surface area contributed by atoms with E-state index in [0.717, 1.165) is 16.7 Å². The van der Waals surface area contributed by atoms with Crippen LogP contribution in [0.15, 0.2) is 10.4 Å². The molecule has 1 heterocycles. The van der Waals surface area contributed by atoms with Gasteiger partial charge in [-0.25, -0.2) is 23.1 Å². The number of nitrogens with one attached hydrogen (secondary N) is 3. The van der Waals surface area contributed by atoms with Crippen LogP contribution in [-0.4, -0.2) is 44.7 Å². The van der Waals surface area contributed by atoms with E-state index >= 15 is 0 Å². The van der Waals surface area contributed by atoms with E-state index in [4.69, 9.17) is 0 Å².